The number of hydrogen-bond acceptors (Lipinski definition) is 3. The first-order valence-electron chi connectivity index (χ1n) is 7.52. The minimum Gasteiger partial charge on any atom is -0.356 e. The van der Waals surface area contributed by atoms with E-state index in [-0.39, 0.29) is 18.1 Å². The Morgan fingerprint density at radius 3 is 2.78 bits per heavy atom. The highest BCUT2D eigenvalue weighted by molar-refractivity contribution is 5.78. The van der Waals surface area contributed by atoms with Crippen molar-refractivity contribution in [2.75, 3.05) is 6.54 Å². The monoisotopic (exact) mass is 312 g/mol. The van der Waals surface area contributed by atoms with Gasteiger partial charge >= 0.3 is 0 Å². The van der Waals surface area contributed by atoms with Gasteiger partial charge in [0.1, 0.15) is 11.6 Å². The van der Waals surface area contributed by atoms with Crippen molar-refractivity contribution in [3.05, 3.63) is 65.9 Å². The lowest BCUT2D eigenvalue weighted by atomic mass is 10.1. The molecule has 0 saturated carbocycles. The molecule has 0 spiro atoms. The molecule has 0 saturated heterocycles. The summed E-state index contributed by atoms with van der Waals surface area (Å²) in [5.74, 6) is 0.519. The number of rotatable bonds is 6. The quantitative estimate of drug-likeness (QED) is 0.710. The molecule has 3 rings (SSSR count). The molecule has 6 heteroatoms. The fraction of sp³-hybridized carbons (Fsp3) is 0.235. The largest absolute Gasteiger partial charge is 0.356 e. The Morgan fingerprint density at radius 1 is 1.13 bits per heavy atom. The molecule has 23 heavy (non-hydrogen) atoms. The number of carbonyl (C=O) groups is 1. The van der Waals surface area contributed by atoms with E-state index in [0.29, 0.717) is 6.54 Å². The molecule has 0 aliphatic heterocycles. The summed E-state index contributed by atoms with van der Waals surface area (Å²) in [7, 11) is 0. The van der Waals surface area contributed by atoms with Crippen LogP contribution in [0.4, 0.5) is 4.39 Å². The van der Waals surface area contributed by atoms with E-state index in [2.05, 4.69) is 15.5 Å². The van der Waals surface area contributed by atoms with E-state index in [0.717, 1.165) is 29.9 Å². The highest BCUT2D eigenvalue weighted by atomic mass is 19.1. The molecule has 0 fully saturated rings. The molecule has 0 aliphatic rings. The van der Waals surface area contributed by atoms with E-state index in [4.69, 9.17) is 0 Å². The average molecular weight is 312 g/mol. The fourth-order valence-electron chi connectivity index (χ4n) is 2.39. The van der Waals surface area contributed by atoms with Crippen molar-refractivity contribution in [2.24, 2.45) is 0 Å². The van der Waals surface area contributed by atoms with Gasteiger partial charge in [-0.1, -0.05) is 18.2 Å². The third kappa shape index (κ3) is 3.91. The molecule has 1 aromatic carbocycles. The highest BCUT2D eigenvalue weighted by Crippen LogP contribution is 2.05. The van der Waals surface area contributed by atoms with Crippen LogP contribution in [0.5, 0.6) is 0 Å². The summed E-state index contributed by atoms with van der Waals surface area (Å²) in [6.45, 7) is 0.571. The molecule has 5 nitrogen and oxygen atoms in total. The second-order valence-corrected chi connectivity index (χ2v) is 5.30. The third-order valence-corrected chi connectivity index (χ3v) is 3.56. The first-order chi connectivity index (χ1) is 11.2. The molecule has 1 amide bonds. The zero-order valence-corrected chi connectivity index (χ0v) is 12.6. The van der Waals surface area contributed by atoms with Gasteiger partial charge in [0.2, 0.25) is 5.91 Å². The van der Waals surface area contributed by atoms with E-state index < -0.39 is 0 Å². The Morgan fingerprint density at radius 2 is 1.96 bits per heavy atom. The van der Waals surface area contributed by atoms with Gasteiger partial charge in [-0.15, -0.1) is 10.2 Å². The van der Waals surface area contributed by atoms with Crippen LogP contribution in [-0.4, -0.2) is 27.0 Å². The van der Waals surface area contributed by atoms with Crippen molar-refractivity contribution in [1.82, 2.24) is 19.9 Å². The first kappa shape index (κ1) is 15.1. The Hall–Kier alpha value is -2.76. The van der Waals surface area contributed by atoms with Gasteiger partial charge in [0.25, 0.3) is 0 Å². The van der Waals surface area contributed by atoms with Gasteiger partial charge in [-0.2, -0.15) is 0 Å². The Kier molecular flexibility index (Phi) is 4.61. The highest BCUT2D eigenvalue weighted by Gasteiger charge is 2.06. The zero-order chi connectivity index (χ0) is 16.1. The van der Waals surface area contributed by atoms with Crippen LogP contribution in [0.2, 0.25) is 0 Å². The van der Waals surface area contributed by atoms with Crippen LogP contribution in [0.15, 0.2) is 48.7 Å². The van der Waals surface area contributed by atoms with Gasteiger partial charge in [-0.05, 0) is 36.2 Å². The van der Waals surface area contributed by atoms with E-state index >= 15 is 0 Å². The number of halogens is 1. The summed E-state index contributed by atoms with van der Waals surface area (Å²) in [6.07, 6.45) is 3.71. The Balaban J connectivity index is 1.44. The van der Waals surface area contributed by atoms with E-state index in [1.54, 1.807) is 12.1 Å². The van der Waals surface area contributed by atoms with Crippen molar-refractivity contribution in [2.45, 2.75) is 19.3 Å². The minimum absolute atomic E-state index is 0.0669. The lowest BCUT2D eigenvalue weighted by Crippen LogP contribution is -2.26. The normalized spacial score (nSPS) is 10.8. The van der Waals surface area contributed by atoms with Crippen molar-refractivity contribution >= 4 is 11.6 Å². The predicted octanol–water partition coefficient (Wildman–Crippen LogP) is 2.16. The topological polar surface area (TPSA) is 59.3 Å². The van der Waals surface area contributed by atoms with Crippen molar-refractivity contribution in [3.8, 4) is 0 Å². The van der Waals surface area contributed by atoms with E-state index in [1.807, 2.05) is 28.8 Å². The molecular weight excluding hydrogens is 295 g/mol. The number of pyridine rings is 1. The number of nitrogens with one attached hydrogen (secondary N) is 1. The summed E-state index contributed by atoms with van der Waals surface area (Å²) in [5, 5.41) is 11.1. The number of hydrogen-bond donors (Lipinski definition) is 1. The molecule has 118 valence electrons. The maximum atomic E-state index is 12.8. The predicted molar refractivity (Wildman–Crippen MR) is 84.4 cm³/mol. The lowest BCUT2D eigenvalue weighted by Gasteiger charge is -2.05. The molecular formula is C17H17FN4O. The number of aromatic nitrogens is 3. The maximum absolute atomic E-state index is 12.8. The molecule has 2 aromatic heterocycles. The summed E-state index contributed by atoms with van der Waals surface area (Å²) in [4.78, 5) is 11.8. The number of aryl methyl sites for hydroxylation is 1. The number of fused-ring (bicyclic) bond motifs is 1. The SMILES string of the molecule is O=C(Cc1ccc(F)cc1)NCCCc1nnc2ccccn12. The third-order valence-electron chi connectivity index (χ3n) is 3.56. The van der Waals surface area contributed by atoms with Gasteiger partial charge in [0, 0.05) is 19.2 Å². The number of benzene rings is 1. The van der Waals surface area contributed by atoms with Crippen molar-refractivity contribution in [3.63, 3.8) is 0 Å². The molecule has 0 atom stereocenters. The fourth-order valence-corrected chi connectivity index (χ4v) is 2.39. The van der Waals surface area contributed by atoms with Crippen molar-refractivity contribution < 1.29 is 9.18 Å². The van der Waals surface area contributed by atoms with Gasteiger partial charge in [0.05, 0.1) is 6.42 Å². The van der Waals surface area contributed by atoms with Crippen LogP contribution in [0, 0.1) is 5.82 Å². The molecule has 0 aliphatic carbocycles. The maximum Gasteiger partial charge on any atom is 0.224 e. The van der Waals surface area contributed by atoms with Gasteiger partial charge in [0.15, 0.2) is 5.65 Å². The van der Waals surface area contributed by atoms with Gasteiger partial charge < -0.3 is 5.32 Å². The van der Waals surface area contributed by atoms with E-state index in [1.165, 1.54) is 12.1 Å². The minimum atomic E-state index is -0.297. The van der Waals surface area contributed by atoms with Crippen LogP contribution < -0.4 is 5.32 Å². The van der Waals surface area contributed by atoms with Crippen LogP contribution in [-0.2, 0) is 17.6 Å². The Bertz CT molecular complexity index is 798. The van der Waals surface area contributed by atoms with Crippen LogP contribution >= 0.6 is 0 Å². The molecule has 0 unspecified atom stereocenters. The Labute approximate surface area is 133 Å². The zero-order valence-electron chi connectivity index (χ0n) is 12.6. The molecule has 1 N–H and O–H groups in total. The van der Waals surface area contributed by atoms with Crippen molar-refractivity contribution in [1.29, 1.82) is 0 Å². The molecule has 0 radical (unpaired) electrons. The number of carbonyl (C=O) groups excluding carboxylic acids is 1. The number of nitrogens with zero attached hydrogens (tertiary/aromatic N) is 3. The summed E-state index contributed by atoms with van der Waals surface area (Å²) in [6, 6.07) is 11.7. The van der Waals surface area contributed by atoms with Gasteiger partial charge in [-0.25, -0.2) is 4.39 Å². The molecule has 0 bridgehead atoms. The summed E-state index contributed by atoms with van der Waals surface area (Å²) >= 11 is 0. The molecule has 2 heterocycles. The lowest BCUT2D eigenvalue weighted by molar-refractivity contribution is -0.120. The van der Waals surface area contributed by atoms with Crippen LogP contribution in [0.3, 0.4) is 0 Å². The molecule has 3 aromatic rings. The second-order valence-electron chi connectivity index (χ2n) is 5.30. The van der Waals surface area contributed by atoms with Gasteiger partial charge in [-0.3, -0.25) is 9.20 Å². The first-order valence-corrected chi connectivity index (χ1v) is 7.52. The van der Waals surface area contributed by atoms with Crippen LogP contribution in [0.1, 0.15) is 17.8 Å². The summed E-state index contributed by atoms with van der Waals surface area (Å²) in [5.41, 5.74) is 1.62. The van der Waals surface area contributed by atoms with E-state index in [9.17, 15) is 9.18 Å². The number of amides is 1. The average Bonchev–Trinajstić information content (AvgIpc) is 2.97. The van der Waals surface area contributed by atoms with Crippen LogP contribution in [0.25, 0.3) is 5.65 Å². The second kappa shape index (κ2) is 7.00. The standard InChI is InChI=1S/C17H17FN4O/c18-14-8-6-13(7-9-14)12-17(23)19-10-3-5-16-21-20-15-4-1-2-11-22(15)16/h1-2,4,6-9,11H,3,5,10,12H2,(H,19,23). The summed E-state index contributed by atoms with van der Waals surface area (Å²) < 4.78 is 14.7. The smallest absolute Gasteiger partial charge is 0.224 e.